The molecule has 0 radical (unpaired) electrons. The van der Waals surface area contributed by atoms with E-state index in [1.165, 1.54) is 154 Å². The Morgan fingerprint density at radius 3 is 0.613 bits per heavy atom. The van der Waals surface area contributed by atoms with Crippen molar-refractivity contribution in [3.05, 3.63) is 34.9 Å². The Kier molecular flexibility index (Phi) is 44.6. The van der Waals surface area contributed by atoms with Gasteiger partial charge in [0.1, 0.15) is 19.8 Å². The monoisotopic (exact) mass is 1060 g/mol. The molecule has 12 nitrogen and oxygen atoms in total. The molecule has 0 bridgehead atoms. The van der Waals surface area contributed by atoms with Crippen LogP contribution in [-0.2, 0) is 62.8 Å². The number of carbonyl (C=O) groups is 6. The quantitative estimate of drug-likeness (QED) is 0.0242. The fraction of sp³-hybridized carbons (Fsp3) is 0.810. The van der Waals surface area contributed by atoms with Gasteiger partial charge < -0.3 is 29.5 Å². The smallest absolute Gasteiger partial charge is 0.320 e. The Hall–Kier alpha value is -3.96. The van der Waals surface area contributed by atoms with Crippen LogP contribution in [0, 0.1) is 17.8 Å². The van der Waals surface area contributed by atoms with Crippen molar-refractivity contribution in [1.29, 1.82) is 0 Å². The molecule has 12 heteroatoms. The maximum atomic E-state index is 13.2. The van der Waals surface area contributed by atoms with Gasteiger partial charge in [0, 0.05) is 0 Å². The van der Waals surface area contributed by atoms with E-state index in [0.717, 1.165) is 77.0 Å². The molecule has 3 unspecified atom stereocenters. The summed E-state index contributed by atoms with van der Waals surface area (Å²) in [6.07, 6.45) is 44.9. The molecule has 1 aromatic rings. The summed E-state index contributed by atoms with van der Waals surface area (Å²) >= 11 is 0. The molecular weight excluding hydrogens is 949 g/mol. The molecule has 3 N–H and O–H groups in total. The zero-order valence-corrected chi connectivity index (χ0v) is 47.8. The number of hydrogen-bond acceptors (Lipinski definition) is 9. The van der Waals surface area contributed by atoms with Crippen LogP contribution in [0.25, 0.3) is 0 Å². The molecule has 0 heterocycles. The van der Waals surface area contributed by atoms with Gasteiger partial charge in [0.2, 0.25) is 0 Å². The van der Waals surface area contributed by atoms with Crippen LogP contribution in [0.2, 0.25) is 0 Å². The normalized spacial score (nSPS) is 12.5. The van der Waals surface area contributed by atoms with Gasteiger partial charge in [-0.15, -0.1) is 0 Å². The van der Waals surface area contributed by atoms with Crippen molar-refractivity contribution in [3.8, 4) is 0 Å². The predicted octanol–water partition coefficient (Wildman–Crippen LogP) is 17.4. The molecule has 1 rings (SSSR count). The summed E-state index contributed by atoms with van der Waals surface area (Å²) in [4.78, 5) is 76.2. The zero-order valence-electron chi connectivity index (χ0n) is 47.8. The van der Waals surface area contributed by atoms with Crippen molar-refractivity contribution >= 4 is 35.8 Å². The van der Waals surface area contributed by atoms with Gasteiger partial charge in [-0.25, -0.2) is 0 Å². The second-order valence-corrected chi connectivity index (χ2v) is 21.7. The molecule has 0 saturated heterocycles. The number of carboxylic acids is 3. The van der Waals surface area contributed by atoms with Crippen LogP contribution < -0.4 is 0 Å². The summed E-state index contributed by atoms with van der Waals surface area (Å²) in [6, 6.07) is 4.81. The fourth-order valence-corrected chi connectivity index (χ4v) is 9.98. The van der Waals surface area contributed by atoms with Crippen molar-refractivity contribution in [2.45, 2.75) is 310 Å². The van der Waals surface area contributed by atoms with Crippen LogP contribution in [0.3, 0.4) is 0 Å². The first kappa shape index (κ1) is 69.1. The van der Waals surface area contributed by atoms with Crippen molar-refractivity contribution < 1.29 is 58.3 Å². The van der Waals surface area contributed by atoms with Gasteiger partial charge >= 0.3 is 35.8 Å². The summed E-state index contributed by atoms with van der Waals surface area (Å²) in [5.41, 5.74) is 1.20. The Morgan fingerprint density at radius 1 is 0.293 bits per heavy atom. The number of benzene rings is 1. The summed E-state index contributed by atoms with van der Waals surface area (Å²) in [5.74, 6) is -10.4. The van der Waals surface area contributed by atoms with E-state index >= 15 is 0 Å². The van der Waals surface area contributed by atoms with Gasteiger partial charge in [0.25, 0.3) is 0 Å². The van der Waals surface area contributed by atoms with Crippen molar-refractivity contribution in [2.24, 2.45) is 17.8 Å². The van der Waals surface area contributed by atoms with E-state index in [1.807, 2.05) is 0 Å². The number of hydrogen-bond donors (Lipinski definition) is 3. The highest BCUT2D eigenvalue weighted by molar-refractivity contribution is 5.95. The standard InChI is InChI=1S/C63H108O12/c1-4-7-10-13-16-19-22-25-28-31-34-37-40-43-55(58(64)65)61(70)73-49-52-46-53(50-74-62(71)56(59(66)67)44-41-38-35-32-29-26-23-20-17-14-11-8-5-2)48-54(47-52)51-75-63(72)57(60(68)69)45-42-39-36-33-30-27-24-21-18-15-12-9-6-3/h46-48,55-57H,4-45,49-51H2,1-3H3,(H,64,65)(H,66,67)(H,68,69). The number of aliphatic carboxylic acids is 3. The van der Waals surface area contributed by atoms with Crippen LogP contribution in [0.1, 0.15) is 307 Å². The van der Waals surface area contributed by atoms with E-state index in [-0.39, 0.29) is 39.1 Å². The number of ether oxygens (including phenoxy) is 3. The number of unbranched alkanes of at least 4 members (excludes halogenated alkanes) is 36. The molecule has 0 spiro atoms. The molecule has 75 heavy (non-hydrogen) atoms. The van der Waals surface area contributed by atoms with Crippen molar-refractivity contribution in [1.82, 2.24) is 0 Å². The summed E-state index contributed by atoms with van der Waals surface area (Å²) in [7, 11) is 0. The van der Waals surface area contributed by atoms with Gasteiger partial charge in [0.15, 0.2) is 17.8 Å². The lowest BCUT2D eigenvalue weighted by atomic mass is 9.99. The average molecular weight is 1060 g/mol. The van der Waals surface area contributed by atoms with Crippen LogP contribution in [0.15, 0.2) is 18.2 Å². The predicted molar refractivity (Wildman–Crippen MR) is 300 cm³/mol. The first-order chi connectivity index (χ1) is 36.4. The SMILES string of the molecule is CCCCCCCCCCCCCCCC(C(=O)O)C(=O)OCc1cc(COC(=O)C(CCCCCCCCCCCCCCC)C(=O)O)cc(COC(=O)C(CCCCCCCCCCCCCCC)C(=O)O)c1. The van der Waals surface area contributed by atoms with Crippen molar-refractivity contribution in [2.75, 3.05) is 0 Å². The summed E-state index contributed by atoms with van der Waals surface area (Å²) < 4.78 is 16.7. The Morgan fingerprint density at radius 2 is 0.453 bits per heavy atom. The minimum Gasteiger partial charge on any atom is -0.481 e. The molecule has 432 valence electrons. The summed E-state index contributed by atoms with van der Waals surface area (Å²) in [6.45, 7) is 5.71. The highest BCUT2D eigenvalue weighted by atomic mass is 16.5. The fourth-order valence-electron chi connectivity index (χ4n) is 9.98. The number of rotatable bonds is 54. The highest BCUT2D eigenvalue weighted by Crippen LogP contribution is 2.23. The third-order valence-electron chi connectivity index (χ3n) is 14.8. The minimum absolute atomic E-state index is 0.150. The zero-order chi connectivity index (χ0) is 55.0. The molecule has 0 fully saturated rings. The van der Waals surface area contributed by atoms with Crippen LogP contribution in [0.5, 0.6) is 0 Å². The Balaban J connectivity index is 2.86. The third-order valence-corrected chi connectivity index (χ3v) is 14.8. The first-order valence-corrected chi connectivity index (χ1v) is 30.7. The van der Waals surface area contributed by atoms with Gasteiger partial charge in [-0.1, -0.05) is 271 Å². The van der Waals surface area contributed by atoms with Gasteiger partial charge in [-0.05, 0) is 54.2 Å². The van der Waals surface area contributed by atoms with Crippen molar-refractivity contribution in [3.63, 3.8) is 0 Å². The number of carboxylic acid groups (broad SMARTS) is 3. The Bertz CT molecular complexity index is 1430. The van der Waals surface area contributed by atoms with E-state index < -0.39 is 53.6 Å². The lowest BCUT2D eigenvalue weighted by Crippen LogP contribution is -2.26. The van der Waals surface area contributed by atoms with E-state index in [1.54, 1.807) is 18.2 Å². The minimum atomic E-state index is -1.34. The van der Waals surface area contributed by atoms with Gasteiger partial charge in [-0.2, -0.15) is 0 Å². The van der Waals surface area contributed by atoms with E-state index in [0.29, 0.717) is 36.0 Å². The molecular formula is C63H108O12. The topological polar surface area (TPSA) is 191 Å². The van der Waals surface area contributed by atoms with E-state index in [9.17, 15) is 44.1 Å². The first-order valence-electron chi connectivity index (χ1n) is 30.7. The van der Waals surface area contributed by atoms with E-state index in [2.05, 4.69) is 20.8 Å². The molecule has 3 atom stereocenters. The molecule has 0 saturated carbocycles. The average Bonchev–Trinajstić information content (AvgIpc) is 3.38. The lowest BCUT2D eigenvalue weighted by molar-refractivity contribution is -0.161. The van der Waals surface area contributed by atoms with Gasteiger partial charge in [-0.3, -0.25) is 28.8 Å². The number of esters is 3. The largest absolute Gasteiger partial charge is 0.481 e. The third kappa shape index (κ3) is 38.3. The second-order valence-electron chi connectivity index (χ2n) is 21.7. The molecule has 0 aliphatic rings. The second kappa shape index (κ2) is 48.4. The highest BCUT2D eigenvalue weighted by Gasteiger charge is 2.30. The maximum Gasteiger partial charge on any atom is 0.320 e. The van der Waals surface area contributed by atoms with E-state index in [4.69, 9.17) is 14.2 Å². The molecule has 0 aliphatic heterocycles. The maximum absolute atomic E-state index is 13.2. The Labute approximate surface area is 455 Å². The molecule has 1 aromatic carbocycles. The molecule has 0 aliphatic carbocycles. The van der Waals surface area contributed by atoms with Crippen LogP contribution >= 0.6 is 0 Å². The van der Waals surface area contributed by atoms with Crippen LogP contribution in [0.4, 0.5) is 0 Å². The number of carbonyl (C=O) groups excluding carboxylic acids is 3. The molecule has 0 amide bonds. The van der Waals surface area contributed by atoms with Crippen LogP contribution in [-0.4, -0.2) is 51.1 Å². The van der Waals surface area contributed by atoms with Gasteiger partial charge in [0.05, 0.1) is 0 Å². The lowest BCUT2D eigenvalue weighted by Gasteiger charge is -2.16. The summed E-state index contributed by atoms with van der Waals surface area (Å²) in [5, 5.41) is 29.9. The molecule has 0 aromatic heterocycles.